The number of aromatic nitrogens is 2. The van der Waals surface area contributed by atoms with Gasteiger partial charge in [-0.3, -0.25) is 4.79 Å². The molecule has 47 heavy (non-hydrogen) atoms. The van der Waals surface area contributed by atoms with E-state index < -0.39 is 0 Å². The summed E-state index contributed by atoms with van der Waals surface area (Å²) in [4.78, 5) is 14.4. The van der Waals surface area contributed by atoms with Crippen LogP contribution in [0.15, 0.2) is 60.4 Å². The molecular weight excluding hydrogens is 777 g/mol. The van der Waals surface area contributed by atoms with Crippen LogP contribution in [0.1, 0.15) is 111 Å². The van der Waals surface area contributed by atoms with Crippen LogP contribution in [0.4, 0.5) is 0 Å². The van der Waals surface area contributed by atoms with Gasteiger partial charge in [-0.05, 0) is 62.0 Å². The van der Waals surface area contributed by atoms with Crippen molar-refractivity contribution in [2.75, 3.05) is 0 Å². The Hall–Kier alpha value is -2.66. The maximum absolute atomic E-state index is 11.7. The maximum atomic E-state index is 11.7. The predicted octanol–water partition coefficient (Wildman–Crippen LogP) is 11.9. The number of aryl methyl sites for hydroxylation is 1. The molecule has 0 spiro atoms. The number of thiophene rings is 1. The molecule has 0 fully saturated rings. The van der Waals surface area contributed by atoms with Crippen LogP contribution >= 0.6 is 11.3 Å². The molecule has 2 aromatic heterocycles. The van der Waals surface area contributed by atoms with Gasteiger partial charge < -0.3 is 5.11 Å². The number of benzene rings is 2. The van der Waals surface area contributed by atoms with Crippen molar-refractivity contribution in [3.05, 3.63) is 82.6 Å². The number of carbonyl (C=O) groups is 1. The van der Waals surface area contributed by atoms with Gasteiger partial charge in [0.25, 0.3) is 0 Å². The summed E-state index contributed by atoms with van der Waals surface area (Å²) in [5.74, 6) is 0.547. The molecule has 2 aromatic carbocycles. The maximum Gasteiger partial charge on any atom is 0.162 e. The number of hydrogen-bond donors (Lipinski definition) is 1. The third-order valence-corrected chi connectivity index (χ3v) is 9.67. The molecule has 0 aliphatic rings. The van der Waals surface area contributed by atoms with Gasteiger partial charge in [0.1, 0.15) is 0 Å². The van der Waals surface area contributed by atoms with Crippen LogP contribution in [-0.2, 0) is 36.7 Å². The number of fused-ring (bicyclic) bond motifs is 1. The molecule has 257 valence electrons. The Kier molecular flexibility index (Phi) is 15.2. The SMILES string of the molecule is CCC(CC)C(=O)/C=C(\O)C(CC)CC.Cc1nnc(-c2[c-]c3ccccc3c(C(C)(C)C)c2)cc1-c1ccc(CC(C)(C)C)s1.[Ir]. The predicted molar refractivity (Wildman–Crippen MR) is 198 cm³/mol. The third-order valence-electron chi connectivity index (χ3n) is 8.55. The molecule has 4 aromatic rings. The van der Waals surface area contributed by atoms with Crippen LogP contribution in [-0.4, -0.2) is 21.1 Å². The summed E-state index contributed by atoms with van der Waals surface area (Å²) in [6.07, 6.45) is 5.99. The average Bonchev–Trinajstić information content (AvgIpc) is 3.44. The van der Waals surface area contributed by atoms with Crippen molar-refractivity contribution < 1.29 is 30.0 Å². The molecule has 6 heteroatoms. The smallest absolute Gasteiger partial charge is 0.162 e. The number of rotatable bonds is 10. The molecule has 0 atom stereocenters. The second-order valence-corrected chi connectivity index (χ2v) is 15.8. The van der Waals surface area contributed by atoms with Gasteiger partial charge in [-0.1, -0.05) is 104 Å². The van der Waals surface area contributed by atoms with E-state index in [2.05, 4.69) is 106 Å². The molecular formula is C41H55IrN2O2S-. The van der Waals surface area contributed by atoms with Crippen LogP contribution in [0, 0.1) is 30.2 Å². The molecule has 0 saturated heterocycles. The summed E-state index contributed by atoms with van der Waals surface area (Å²) < 4.78 is 0. The molecule has 1 radical (unpaired) electrons. The Balaban J connectivity index is 0.000000410. The normalized spacial score (nSPS) is 12.2. The van der Waals surface area contributed by atoms with E-state index in [9.17, 15) is 9.90 Å². The van der Waals surface area contributed by atoms with Crippen molar-refractivity contribution in [3.8, 4) is 21.7 Å². The van der Waals surface area contributed by atoms with Gasteiger partial charge in [-0.15, -0.1) is 40.5 Å². The summed E-state index contributed by atoms with van der Waals surface area (Å²) in [6.45, 7) is 23.7. The van der Waals surface area contributed by atoms with Gasteiger partial charge in [0, 0.05) is 59.0 Å². The van der Waals surface area contributed by atoms with Gasteiger partial charge in [-0.2, -0.15) is 10.2 Å². The zero-order valence-corrected chi connectivity index (χ0v) is 33.6. The molecule has 0 saturated carbocycles. The number of aliphatic hydroxyl groups excluding tert-OH is 1. The first-order valence-electron chi connectivity index (χ1n) is 16.9. The Morgan fingerprint density at radius 3 is 2.09 bits per heavy atom. The van der Waals surface area contributed by atoms with E-state index in [-0.39, 0.29) is 54.3 Å². The minimum absolute atomic E-state index is 0. The molecule has 0 aliphatic heterocycles. The van der Waals surface area contributed by atoms with Crippen molar-refractivity contribution >= 4 is 27.9 Å². The van der Waals surface area contributed by atoms with E-state index >= 15 is 0 Å². The second-order valence-electron chi connectivity index (χ2n) is 14.6. The quantitative estimate of drug-likeness (QED) is 0.0982. The first-order valence-corrected chi connectivity index (χ1v) is 17.8. The van der Waals surface area contributed by atoms with E-state index in [1.807, 2.05) is 46.0 Å². The molecule has 4 nitrogen and oxygen atoms in total. The fraction of sp³-hybridized carbons (Fsp3) is 0.488. The average molecular weight is 832 g/mol. The van der Waals surface area contributed by atoms with Gasteiger partial charge in [0.05, 0.1) is 11.5 Å². The minimum atomic E-state index is 0. The summed E-state index contributed by atoms with van der Waals surface area (Å²) in [5.41, 5.74) is 5.62. The summed E-state index contributed by atoms with van der Waals surface area (Å²) in [7, 11) is 0. The van der Waals surface area contributed by atoms with Crippen LogP contribution in [0.3, 0.4) is 0 Å². The largest absolute Gasteiger partial charge is 0.512 e. The van der Waals surface area contributed by atoms with Gasteiger partial charge >= 0.3 is 0 Å². The third kappa shape index (κ3) is 11.2. The fourth-order valence-corrected chi connectivity index (χ4v) is 7.12. The van der Waals surface area contributed by atoms with E-state index in [0.29, 0.717) is 0 Å². The van der Waals surface area contributed by atoms with Crippen molar-refractivity contribution in [1.29, 1.82) is 0 Å². The van der Waals surface area contributed by atoms with E-state index in [1.54, 1.807) is 0 Å². The Labute approximate surface area is 301 Å². The standard InChI is InChI=1S/C28H31N2S.C13H24O2.Ir/c1-18-23(26-13-12-21(31-26)17-27(2,3)4)16-25(30-29-18)20-14-19-10-8-9-11-22(19)24(15-20)28(5,6)7;1-5-10(6-2)12(14)9-13(15)11(7-3)8-4;/h8-13,15-16H,17H2,1-7H3;9-11,14H,5-8H2,1-4H3;/q-1;;/b;12-9-;. The summed E-state index contributed by atoms with van der Waals surface area (Å²) in [5, 5.41) is 21.2. The van der Waals surface area contributed by atoms with Crippen molar-refractivity contribution in [2.24, 2.45) is 17.3 Å². The first-order chi connectivity index (χ1) is 21.6. The number of allylic oxidation sites excluding steroid dienone is 2. The molecule has 1 N–H and O–H groups in total. The Morgan fingerprint density at radius 1 is 0.894 bits per heavy atom. The van der Waals surface area contributed by atoms with E-state index in [4.69, 9.17) is 0 Å². The van der Waals surface area contributed by atoms with Crippen molar-refractivity contribution in [3.63, 3.8) is 0 Å². The topological polar surface area (TPSA) is 63.1 Å². The Bertz CT molecular complexity index is 1630. The zero-order chi connectivity index (χ0) is 34.2. The molecule has 0 bridgehead atoms. The minimum Gasteiger partial charge on any atom is -0.512 e. The van der Waals surface area contributed by atoms with Gasteiger partial charge in [-0.25, -0.2) is 0 Å². The monoisotopic (exact) mass is 832 g/mol. The van der Waals surface area contributed by atoms with E-state index in [1.165, 1.54) is 26.8 Å². The number of aliphatic hydroxyl groups is 1. The van der Waals surface area contributed by atoms with Crippen molar-refractivity contribution in [2.45, 2.75) is 114 Å². The number of hydrogen-bond acceptors (Lipinski definition) is 5. The number of nitrogens with zero attached hydrogens (tertiary/aromatic N) is 2. The van der Waals surface area contributed by atoms with Crippen molar-refractivity contribution in [1.82, 2.24) is 10.2 Å². The summed E-state index contributed by atoms with van der Waals surface area (Å²) >= 11 is 1.86. The number of carbonyl (C=O) groups excluding carboxylic acids is 1. The zero-order valence-electron chi connectivity index (χ0n) is 30.4. The van der Waals surface area contributed by atoms with Gasteiger partial charge in [0.2, 0.25) is 0 Å². The first kappa shape index (κ1) is 40.5. The summed E-state index contributed by atoms with van der Waals surface area (Å²) in [6, 6.07) is 21.0. The molecule has 2 heterocycles. The molecule has 4 rings (SSSR count). The molecule has 0 unspecified atom stereocenters. The molecule has 0 amide bonds. The van der Waals surface area contributed by atoms with Crippen LogP contribution < -0.4 is 0 Å². The Morgan fingerprint density at radius 2 is 1.51 bits per heavy atom. The second kappa shape index (κ2) is 17.7. The molecule has 0 aliphatic carbocycles. The van der Waals surface area contributed by atoms with Crippen LogP contribution in [0.5, 0.6) is 0 Å². The van der Waals surface area contributed by atoms with Crippen LogP contribution in [0.2, 0.25) is 0 Å². The fourth-order valence-electron chi connectivity index (χ4n) is 5.74. The van der Waals surface area contributed by atoms with Gasteiger partial charge in [0.15, 0.2) is 5.78 Å². The van der Waals surface area contributed by atoms with E-state index in [0.717, 1.165) is 60.0 Å². The number of ketones is 1. The van der Waals surface area contributed by atoms with Crippen LogP contribution in [0.25, 0.3) is 32.5 Å².